The van der Waals surface area contributed by atoms with Crippen LogP contribution in [0.1, 0.15) is 25.5 Å². The number of nitrogens with one attached hydrogen (secondary N) is 1. The quantitative estimate of drug-likeness (QED) is 0.831. The summed E-state index contributed by atoms with van der Waals surface area (Å²) in [4.78, 5) is 2.42. The standard InChI is InChI=1S/C14H24N2OS/c1-14(6-8-16(2)9-7-14)11-15-10-12-4-5-13(17-12)18-3/h4-5,15H,6-11H2,1-3H3. The Morgan fingerprint density at radius 2 is 2.11 bits per heavy atom. The Hall–Kier alpha value is -0.450. The molecule has 1 aromatic rings. The van der Waals surface area contributed by atoms with Gasteiger partial charge in [0.1, 0.15) is 5.76 Å². The minimum absolute atomic E-state index is 0.446. The summed E-state index contributed by atoms with van der Waals surface area (Å²) in [7, 11) is 2.21. The van der Waals surface area contributed by atoms with Crippen LogP contribution in [0.2, 0.25) is 0 Å². The van der Waals surface area contributed by atoms with Crippen molar-refractivity contribution in [3.8, 4) is 0 Å². The highest BCUT2D eigenvalue weighted by atomic mass is 32.2. The van der Waals surface area contributed by atoms with Crippen LogP contribution in [0.3, 0.4) is 0 Å². The lowest BCUT2D eigenvalue weighted by molar-refractivity contribution is 0.136. The molecule has 0 saturated carbocycles. The fraction of sp³-hybridized carbons (Fsp3) is 0.714. The van der Waals surface area contributed by atoms with E-state index >= 15 is 0 Å². The molecule has 1 N–H and O–H groups in total. The van der Waals surface area contributed by atoms with Crippen LogP contribution in [0.5, 0.6) is 0 Å². The largest absolute Gasteiger partial charge is 0.454 e. The first kappa shape index (κ1) is 14.0. The Morgan fingerprint density at radius 1 is 1.39 bits per heavy atom. The molecule has 4 heteroatoms. The van der Waals surface area contributed by atoms with Crippen LogP contribution < -0.4 is 5.32 Å². The first-order valence-corrected chi connectivity index (χ1v) is 7.86. The number of furan rings is 1. The summed E-state index contributed by atoms with van der Waals surface area (Å²) < 4.78 is 5.66. The monoisotopic (exact) mass is 268 g/mol. The number of hydrogen-bond acceptors (Lipinski definition) is 4. The van der Waals surface area contributed by atoms with Crippen molar-refractivity contribution in [3.05, 3.63) is 17.9 Å². The first-order valence-electron chi connectivity index (χ1n) is 6.63. The molecule has 0 aromatic carbocycles. The molecule has 0 spiro atoms. The van der Waals surface area contributed by atoms with Crippen LogP contribution in [0.25, 0.3) is 0 Å². The van der Waals surface area contributed by atoms with Crippen molar-refractivity contribution in [1.29, 1.82) is 0 Å². The summed E-state index contributed by atoms with van der Waals surface area (Å²) in [6, 6.07) is 4.11. The van der Waals surface area contributed by atoms with Crippen molar-refractivity contribution >= 4 is 11.8 Å². The lowest BCUT2D eigenvalue weighted by Gasteiger charge is -2.38. The smallest absolute Gasteiger partial charge is 0.160 e. The number of hydrogen-bond donors (Lipinski definition) is 1. The third-order valence-electron chi connectivity index (χ3n) is 3.88. The Bertz CT molecular complexity index is 370. The zero-order valence-corrected chi connectivity index (χ0v) is 12.5. The van der Waals surface area contributed by atoms with E-state index in [1.807, 2.05) is 12.3 Å². The molecule has 102 valence electrons. The fourth-order valence-corrected chi connectivity index (χ4v) is 2.78. The van der Waals surface area contributed by atoms with E-state index in [0.717, 1.165) is 23.9 Å². The summed E-state index contributed by atoms with van der Waals surface area (Å²) in [6.45, 7) is 6.75. The fourth-order valence-electron chi connectivity index (χ4n) is 2.39. The number of piperidine rings is 1. The van der Waals surface area contributed by atoms with Gasteiger partial charge in [0.15, 0.2) is 5.09 Å². The summed E-state index contributed by atoms with van der Waals surface area (Å²) in [5, 5.41) is 4.54. The molecule has 0 atom stereocenters. The number of nitrogens with zero attached hydrogens (tertiary/aromatic N) is 1. The third-order valence-corrected chi connectivity index (χ3v) is 4.51. The van der Waals surface area contributed by atoms with Crippen molar-refractivity contribution in [2.75, 3.05) is 32.9 Å². The molecule has 0 radical (unpaired) electrons. The van der Waals surface area contributed by atoms with E-state index < -0.39 is 0 Å². The van der Waals surface area contributed by atoms with Crippen LogP contribution in [-0.2, 0) is 6.54 Å². The van der Waals surface area contributed by atoms with E-state index in [1.165, 1.54) is 25.9 Å². The van der Waals surface area contributed by atoms with Crippen molar-refractivity contribution < 1.29 is 4.42 Å². The van der Waals surface area contributed by atoms with Gasteiger partial charge in [-0.3, -0.25) is 0 Å². The minimum Gasteiger partial charge on any atom is -0.454 e. The number of rotatable bonds is 5. The van der Waals surface area contributed by atoms with Gasteiger partial charge in [0.05, 0.1) is 6.54 Å². The highest BCUT2D eigenvalue weighted by Gasteiger charge is 2.28. The molecule has 2 heterocycles. The Balaban J connectivity index is 1.74. The highest BCUT2D eigenvalue weighted by molar-refractivity contribution is 7.98. The van der Waals surface area contributed by atoms with Gasteiger partial charge in [0.25, 0.3) is 0 Å². The second kappa shape index (κ2) is 6.13. The molecule has 2 rings (SSSR count). The van der Waals surface area contributed by atoms with Gasteiger partial charge in [-0.1, -0.05) is 18.7 Å². The predicted molar refractivity (Wildman–Crippen MR) is 77.0 cm³/mol. The van der Waals surface area contributed by atoms with Gasteiger partial charge in [-0.25, -0.2) is 0 Å². The van der Waals surface area contributed by atoms with Gasteiger partial charge in [-0.2, -0.15) is 0 Å². The zero-order chi connectivity index (χ0) is 13.0. The molecule has 1 fully saturated rings. The van der Waals surface area contributed by atoms with Gasteiger partial charge < -0.3 is 14.6 Å². The molecule has 1 saturated heterocycles. The van der Waals surface area contributed by atoms with E-state index in [-0.39, 0.29) is 0 Å². The minimum atomic E-state index is 0.446. The van der Waals surface area contributed by atoms with Gasteiger partial charge in [-0.15, -0.1) is 0 Å². The topological polar surface area (TPSA) is 28.4 Å². The van der Waals surface area contributed by atoms with Gasteiger partial charge in [0, 0.05) is 6.54 Å². The summed E-state index contributed by atoms with van der Waals surface area (Å²) >= 11 is 1.65. The SMILES string of the molecule is CSc1ccc(CNCC2(C)CCN(C)CC2)o1. The molecule has 1 aliphatic rings. The van der Waals surface area contributed by atoms with Crippen LogP contribution in [0.4, 0.5) is 0 Å². The summed E-state index contributed by atoms with van der Waals surface area (Å²) in [5.41, 5.74) is 0.446. The van der Waals surface area contributed by atoms with Crippen LogP contribution in [0.15, 0.2) is 21.6 Å². The van der Waals surface area contributed by atoms with Crippen molar-refractivity contribution in [3.63, 3.8) is 0 Å². The molecule has 0 aliphatic carbocycles. The van der Waals surface area contributed by atoms with Gasteiger partial charge in [0.2, 0.25) is 0 Å². The molecule has 3 nitrogen and oxygen atoms in total. The summed E-state index contributed by atoms with van der Waals surface area (Å²) in [5.74, 6) is 1.04. The van der Waals surface area contributed by atoms with E-state index in [4.69, 9.17) is 4.42 Å². The van der Waals surface area contributed by atoms with Gasteiger partial charge in [-0.05, 0) is 56.8 Å². The average Bonchev–Trinajstić information content (AvgIpc) is 2.81. The maximum atomic E-state index is 5.66. The normalized spacial score (nSPS) is 20.2. The number of likely N-dealkylation sites (tertiary alicyclic amines) is 1. The maximum absolute atomic E-state index is 5.66. The molecule has 18 heavy (non-hydrogen) atoms. The lowest BCUT2D eigenvalue weighted by Crippen LogP contribution is -2.41. The Kier molecular flexibility index (Phi) is 4.76. The van der Waals surface area contributed by atoms with Crippen LogP contribution >= 0.6 is 11.8 Å². The molecular weight excluding hydrogens is 244 g/mol. The van der Waals surface area contributed by atoms with Gasteiger partial charge >= 0.3 is 0 Å². The second-order valence-corrected chi connectivity index (χ2v) is 6.45. The lowest BCUT2D eigenvalue weighted by atomic mass is 9.80. The van der Waals surface area contributed by atoms with Crippen molar-refractivity contribution in [2.45, 2.75) is 31.4 Å². The van der Waals surface area contributed by atoms with Crippen LogP contribution in [0, 0.1) is 5.41 Å². The van der Waals surface area contributed by atoms with E-state index in [9.17, 15) is 0 Å². The van der Waals surface area contributed by atoms with E-state index in [2.05, 4.69) is 30.3 Å². The summed E-state index contributed by atoms with van der Waals surface area (Å²) in [6.07, 6.45) is 4.60. The average molecular weight is 268 g/mol. The van der Waals surface area contributed by atoms with Crippen LogP contribution in [-0.4, -0.2) is 37.8 Å². The van der Waals surface area contributed by atoms with Crippen molar-refractivity contribution in [1.82, 2.24) is 10.2 Å². The second-order valence-electron chi connectivity index (χ2n) is 5.64. The molecule has 1 aliphatic heterocycles. The number of thioether (sulfide) groups is 1. The first-order chi connectivity index (χ1) is 8.61. The molecule has 0 amide bonds. The highest BCUT2D eigenvalue weighted by Crippen LogP contribution is 2.29. The molecule has 0 unspecified atom stereocenters. The Morgan fingerprint density at radius 3 is 2.72 bits per heavy atom. The molecule has 0 bridgehead atoms. The molecular formula is C14H24N2OS. The van der Waals surface area contributed by atoms with Crippen molar-refractivity contribution in [2.24, 2.45) is 5.41 Å². The molecule has 1 aromatic heterocycles. The van der Waals surface area contributed by atoms with E-state index in [0.29, 0.717) is 5.41 Å². The maximum Gasteiger partial charge on any atom is 0.160 e. The predicted octanol–water partition coefficient (Wildman–Crippen LogP) is 2.82. The Labute approximate surface area is 114 Å². The third kappa shape index (κ3) is 3.77. The van der Waals surface area contributed by atoms with E-state index in [1.54, 1.807) is 11.8 Å². The zero-order valence-electron chi connectivity index (χ0n) is 11.7.